The van der Waals surface area contributed by atoms with Crippen molar-refractivity contribution in [3.63, 3.8) is 0 Å². The van der Waals surface area contributed by atoms with E-state index in [1.54, 1.807) is 12.1 Å². The van der Waals surface area contributed by atoms with Crippen molar-refractivity contribution in [1.82, 2.24) is 5.32 Å². The second-order valence-corrected chi connectivity index (χ2v) is 6.65. The van der Waals surface area contributed by atoms with Crippen LogP contribution in [0.5, 0.6) is 0 Å². The summed E-state index contributed by atoms with van der Waals surface area (Å²) in [6.07, 6.45) is 1.09. The smallest absolute Gasteiger partial charge is 0.123 e. The number of rotatable bonds is 5. The molecule has 2 nitrogen and oxygen atoms in total. The Balaban J connectivity index is 2.27. The molecule has 0 spiro atoms. The van der Waals surface area contributed by atoms with Crippen LogP contribution in [0.25, 0.3) is 0 Å². The molecule has 1 fully saturated rings. The van der Waals surface area contributed by atoms with Crippen molar-refractivity contribution in [3.8, 4) is 0 Å². The van der Waals surface area contributed by atoms with Gasteiger partial charge in [-0.05, 0) is 50.6 Å². The number of anilines is 1. The number of nitrogens with zero attached hydrogens (tertiary/aromatic N) is 1. The van der Waals surface area contributed by atoms with Gasteiger partial charge in [-0.3, -0.25) is 0 Å². The lowest BCUT2D eigenvalue weighted by molar-refractivity contribution is 0.558. The van der Waals surface area contributed by atoms with Crippen LogP contribution in [0.1, 0.15) is 38.8 Å². The minimum atomic E-state index is -0.145. The maximum atomic E-state index is 13.6. The normalized spacial score (nSPS) is 21.0. The standard InChI is InChI=1S/C16H25FN2S/c1-4-7-18-13(3)15-10-14(17)5-6-16(15)19-8-9-20-11-12(19)2/h5-6,10,12-13,18H,4,7-9,11H2,1-3H3. The molecule has 0 bridgehead atoms. The SMILES string of the molecule is CCCNC(C)c1cc(F)ccc1N1CCSCC1C. The van der Waals surface area contributed by atoms with Crippen molar-refractivity contribution in [2.75, 3.05) is 29.5 Å². The molecule has 1 aliphatic heterocycles. The number of halogens is 1. The molecule has 2 atom stereocenters. The summed E-state index contributed by atoms with van der Waals surface area (Å²) in [6.45, 7) is 8.53. The largest absolute Gasteiger partial charge is 0.367 e. The average molecular weight is 296 g/mol. The van der Waals surface area contributed by atoms with Gasteiger partial charge in [-0.25, -0.2) is 4.39 Å². The molecule has 4 heteroatoms. The van der Waals surface area contributed by atoms with Crippen LogP contribution in [0.4, 0.5) is 10.1 Å². The summed E-state index contributed by atoms with van der Waals surface area (Å²) in [5.74, 6) is 2.15. The molecule has 2 unspecified atom stereocenters. The molecule has 1 N–H and O–H groups in total. The molecule has 0 saturated carbocycles. The van der Waals surface area contributed by atoms with E-state index in [0.717, 1.165) is 36.6 Å². The maximum Gasteiger partial charge on any atom is 0.123 e. The highest BCUT2D eigenvalue weighted by atomic mass is 32.2. The molecule has 2 rings (SSSR count). The molecular formula is C16H25FN2S. The lowest BCUT2D eigenvalue weighted by Crippen LogP contribution is -2.41. The molecule has 0 amide bonds. The topological polar surface area (TPSA) is 15.3 Å². The molecular weight excluding hydrogens is 271 g/mol. The summed E-state index contributed by atoms with van der Waals surface area (Å²) >= 11 is 2.00. The molecule has 20 heavy (non-hydrogen) atoms. The fourth-order valence-corrected chi connectivity index (χ4v) is 3.70. The Kier molecular flexibility index (Phi) is 5.73. The van der Waals surface area contributed by atoms with Crippen LogP contribution in [0.3, 0.4) is 0 Å². The molecule has 0 aromatic heterocycles. The van der Waals surface area contributed by atoms with Crippen LogP contribution in [-0.2, 0) is 0 Å². The second-order valence-electron chi connectivity index (χ2n) is 5.50. The van der Waals surface area contributed by atoms with Gasteiger partial charge in [-0.2, -0.15) is 11.8 Å². The van der Waals surface area contributed by atoms with E-state index in [0.29, 0.717) is 6.04 Å². The highest BCUT2D eigenvalue weighted by molar-refractivity contribution is 7.99. The Morgan fingerprint density at radius 3 is 3.00 bits per heavy atom. The fourth-order valence-electron chi connectivity index (χ4n) is 2.69. The molecule has 1 saturated heterocycles. The average Bonchev–Trinajstić information content (AvgIpc) is 2.45. The van der Waals surface area contributed by atoms with Crippen molar-refractivity contribution < 1.29 is 4.39 Å². The first-order valence-corrected chi connectivity index (χ1v) is 8.66. The van der Waals surface area contributed by atoms with Crippen molar-refractivity contribution in [1.29, 1.82) is 0 Å². The Bertz CT molecular complexity index is 438. The van der Waals surface area contributed by atoms with Gasteiger partial charge in [0, 0.05) is 35.8 Å². The Morgan fingerprint density at radius 2 is 2.30 bits per heavy atom. The van der Waals surface area contributed by atoms with Crippen LogP contribution < -0.4 is 10.2 Å². The zero-order chi connectivity index (χ0) is 14.5. The third-order valence-corrected chi connectivity index (χ3v) is 5.02. The van der Waals surface area contributed by atoms with E-state index in [9.17, 15) is 4.39 Å². The van der Waals surface area contributed by atoms with Gasteiger partial charge in [0.25, 0.3) is 0 Å². The van der Waals surface area contributed by atoms with Crippen LogP contribution in [-0.4, -0.2) is 30.6 Å². The predicted molar refractivity (Wildman–Crippen MR) is 87.2 cm³/mol. The minimum absolute atomic E-state index is 0.145. The van der Waals surface area contributed by atoms with Crippen molar-refractivity contribution in [3.05, 3.63) is 29.6 Å². The number of hydrogen-bond donors (Lipinski definition) is 1. The van der Waals surface area contributed by atoms with Gasteiger partial charge in [0.2, 0.25) is 0 Å². The molecule has 1 aliphatic rings. The highest BCUT2D eigenvalue weighted by Crippen LogP contribution is 2.31. The van der Waals surface area contributed by atoms with Gasteiger partial charge >= 0.3 is 0 Å². The summed E-state index contributed by atoms with van der Waals surface area (Å²) in [5.41, 5.74) is 2.27. The third-order valence-electron chi connectivity index (χ3n) is 3.83. The minimum Gasteiger partial charge on any atom is -0.367 e. The number of thioether (sulfide) groups is 1. The first-order valence-electron chi connectivity index (χ1n) is 7.50. The van der Waals surface area contributed by atoms with Crippen LogP contribution in [0.2, 0.25) is 0 Å². The lowest BCUT2D eigenvalue weighted by atomic mass is 10.0. The van der Waals surface area contributed by atoms with E-state index in [1.165, 1.54) is 5.69 Å². The van der Waals surface area contributed by atoms with E-state index in [-0.39, 0.29) is 11.9 Å². The first kappa shape index (κ1) is 15.6. The molecule has 112 valence electrons. The van der Waals surface area contributed by atoms with Gasteiger partial charge in [0.05, 0.1) is 0 Å². The van der Waals surface area contributed by atoms with E-state index in [4.69, 9.17) is 0 Å². The van der Waals surface area contributed by atoms with Gasteiger partial charge < -0.3 is 10.2 Å². The van der Waals surface area contributed by atoms with Crippen molar-refractivity contribution in [2.45, 2.75) is 39.3 Å². The zero-order valence-electron chi connectivity index (χ0n) is 12.7. The Labute approximate surface area is 126 Å². The molecule has 0 aliphatic carbocycles. The summed E-state index contributed by atoms with van der Waals surface area (Å²) in [5, 5.41) is 3.47. The zero-order valence-corrected chi connectivity index (χ0v) is 13.5. The van der Waals surface area contributed by atoms with E-state index in [2.05, 4.69) is 31.0 Å². The number of benzene rings is 1. The maximum absolute atomic E-state index is 13.6. The summed E-state index contributed by atoms with van der Waals surface area (Å²) in [6, 6.07) is 5.91. The van der Waals surface area contributed by atoms with Crippen LogP contribution in [0.15, 0.2) is 18.2 Å². The molecule has 1 heterocycles. The van der Waals surface area contributed by atoms with Crippen LogP contribution >= 0.6 is 11.8 Å². The summed E-state index contributed by atoms with van der Waals surface area (Å²) in [7, 11) is 0. The van der Waals surface area contributed by atoms with Gasteiger partial charge in [-0.15, -0.1) is 0 Å². The fraction of sp³-hybridized carbons (Fsp3) is 0.625. The molecule has 0 radical (unpaired) electrons. The van der Waals surface area contributed by atoms with E-state index < -0.39 is 0 Å². The number of hydrogen-bond acceptors (Lipinski definition) is 3. The third kappa shape index (κ3) is 3.67. The first-order chi connectivity index (χ1) is 9.63. The van der Waals surface area contributed by atoms with Crippen molar-refractivity contribution in [2.24, 2.45) is 0 Å². The van der Waals surface area contributed by atoms with Gasteiger partial charge in [0.1, 0.15) is 5.82 Å². The Morgan fingerprint density at radius 1 is 1.50 bits per heavy atom. The van der Waals surface area contributed by atoms with Crippen LogP contribution in [0, 0.1) is 5.82 Å². The van der Waals surface area contributed by atoms with E-state index in [1.807, 2.05) is 17.8 Å². The highest BCUT2D eigenvalue weighted by Gasteiger charge is 2.23. The number of nitrogens with one attached hydrogen (secondary N) is 1. The predicted octanol–water partition coefficient (Wildman–Crippen LogP) is 3.83. The van der Waals surface area contributed by atoms with Gasteiger partial charge in [-0.1, -0.05) is 6.92 Å². The monoisotopic (exact) mass is 296 g/mol. The van der Waals surface area contributed by atoms with Gasteiger partial charge in [0.15, 0.2) is 0 Å². The second kappa shape index (κ2) is 7.32. The quantitative estimate of drug-likeness (QED) is 0.889. The lowest BCUT2D eigenvalue weighted by Gasteiger charge is -2.37. The summed E-state index contributed by atoms with van der Waals surface area (Å²) in [4.78, 5) is 2.43. The molecule has 1 aromatic rings. The van der Waals surface area contributed by atoms with E-state index >= 15 is 0 Å². The Hall–Kier alpha value is -0.740. The van der Waals surface area contributed by atoms with Crippen molar-refractivity contribution >= 4 is 17.4 Å². The summed E-state index contributed by atoms with van der Waals surface area (Å²) < 4.78 is 13.6. The molecule has 1 aromatic carbocycles.